The fourth-order valence-electron chi connectivity index (χ4n) is 2.56. The number of carbonyl (C=O) groups excluding carboxylic acids is 1. The van der Waals surface area contributed by atoms with E-state index in [4.69, 9.17) is 0 Å². The van der Waals surface area contributed by atoms with Gasteiger partial charge in [-0.25, -0.2) is 0 Å². The molecule has 5 heteroatoms. The molecule has 1 amide bonds. The maximum Gasteiger partial charge on any atom is 0.221 e. The molecule has 24 heavy (non-hydrogen) atoms. The van der Waals surface area contributed by atoms with Crippen molar-refractivity contribution < 1.29 is 4.79 Å². The van der Waals surface area contributed by atoms with E-state index in [1.54, 1.807) is 0 Å². The van der Waals surface area contributed by atoms with Crippen molar-refractivity contribution in [2.75, 3.05) is 5.32 Å². The van der Waals surface area contributed by atoms with Gasteiger partial charge in [0.25, 0.3) is 0 Å². The van der Waals surface area contributed by atoms with Crippen LogP contribution in [0.2, 0.25) is 0 Å². The monoisotopic (exact) mass is 333 g/mol. The first kappa shape index (κ1) is 15.9. The van der Waals surface area contributed by atoms with Gasteiger partial charge in [0.2, 0.25) is 5.91 Å². The Bertz CT molecular complexity index is 896. The van der Waals surface area contributed by atoms with Gasteiger partial charge < -0.3 is 10.3 Å². The summed E-state index contributed by atoms with van der Waals surface area (Å²) in [5, 5.41) is 14.2. The highest BCUT2D eigenvalue weighted by atomic mass is 32.2. The van der Waals surface area contributed by atoms with Gasteiger partial charge in [-0.1, -0.05) is 60.7 Å². The van der Waals surface area contributed by atoms with Crippen LogP contribution in [0.25, 0.3) is 22.5 Å². The topological polar surface area (TPSA) is 68.7 Å². The van der Waals surface area contributed by atoms with E-state index in [2.05, 4.69) is 15.7 Å². The van der Waals surface area contributed by atoms with E-state index in [0.717, 1.165) is 39.2 Å². The van der Waals surface area contributed by atoms with Crippen LogP contribution >= 0.6 is 11.8 Å². The number of thioether (sulfide) groups is 1. The fourth-order valence-corrected chi connectivity index (χ4v) is 3.17. The van der Waals surface area contributed by atoms with Gasteiger partial charge in [0.15, 0.2) is 0 Å². The van der Waals surface area contributed by atoms with Crippen molar-refractivity contribution >= 4 is 23.4 Å². The molecule has 4 nitrogen and oxygen atoms in total. The fraction of sp³-hybridized carbons (Fsp3) is 0.0526. The van der Waals surface area contributed by atoms with Gasteiger partial charge in [-0.2, -0.15) is 5.26 Å². The summed E-state index contributed by atoms with van der Waals surface area (Å²) in [4.78, 5) is 15.8. The molecule has 0 unspecified atom stereocenters. The Labute approximate surface area is 144 Å². The molecule has 0 saturated heterocycles. The van der Waals surface area contributed by atoms with Crippen LogP contribution in [0.1, 0.15) is 6.92 Å². The Morgan fingerprint density at radius 2 is 1.54 bits per heavy atom. The lowest BCUT2D eigenvalue weighted by Crippen LogP contribution is -2.06. The van der Waals surface area contributed by atoms with Gasteiger partial charge in [0.1, 0.15) is 5.40 Å². The maximum absolute atomic E-state index is 11.7. The molecule has 0 saturated carbocycles. The van der Waals surface area contributed by atoms with Gasteiger partial charge in [0, 0.05) is 12.5 Å². The summed E-state index contributed by atoms with van der Waals surface area (Å²) in [5.74, 6) is -0.175. The average Bonchev–Trinajstić information content (AvgIpc) is 2.95. The Morgan fingerprint density at radius 3 is 2.04 bits per heavy atom. The smallest absolute Gasteiger partial charge is 0.221 e. The molecule has 2 N–H and O–H groups in total. The lowest BCUT2D eigenvalue weighted by Gasteiger charge is -2.06. The molecule has 0 aliphatic rings. The number of anilines is 1. The maximum atomic E-state index is 11.7. The average molecular weight is 333 g/mol. The second kappa shape index (κ2) is 7.07. The number of nitrogens with zero attached hydrogens (tertiary/aromatic N) is 1. The van der Waals surface area contributed by atoms with Crippen LogP contribution < -0.4 is 5.32 Å². The number of amides is 1. The predicted octanol–water partition coefficient (Wildman–Crippen LogP) is 4.88. The minimum atomic E-state index is -0.175. The summed E-state index contributed by atoms with van der Waals surface area (Å²) in [6.45, 7) is 1.46. The van der Waals surface area contributed by atoms with Gasteiger partial charge in [-0.3, -0.25) is 4.79 Å². The van der Waals surface area contributed by atoms with Crippen LogP contribution in [-0.2, 0) is 4.79 Å². The molecule has 3 rings (SSSR count). The largest absolute Gasteiger partial charge is 0.352 e. The summed E-state index contributed by atoms with van der Waals surface area (Å²) < 4.78 is 0. The third kappa shape index (κ3) is 3.19. The molecule has 0 aliphatic heterocycles. The van der Waals surface area contributed by atoms with Gasteiger partial charge in [-0.15, -0.1) is 0 Å². The van der Waals surface area contributed by atoms with Crippen molar-refractivity contribution in [1.29, 1.82) is 5.26 Å². The normalized spacial score (nSPS) is 10.2. The van der Waals surface area contributed by atoms with Gasteiger partial charge in [-0.05, 0) is 17.3 Å². The summed E-state index contributed by atoms with van der Waals surface area (Å²) in [5.41, 5.74) is 4.17. The zero-order valence-corrected chi connectivity index (χ0v) is 13.9. The Hall–Kier alpha value is -2.97. The van der Waals surface area contributed by atoms with E-state index < -0.39 is 0 Å². The zero-order chi connectivity index (χ0) is 16.9. The molecule has 0 spiro atoms. The predicted molar refractivity (Wildman–Crippen MR) is 97.4 cm³/mol. The number of hydrogen-bond donors (Lipinski definition) is 2. The molecule has 2 aromatic carbocycles. The van der Waals surface area contributed by atoms with E-state index in [1.807, 2.05) is 60.7 Å². The van der Waals surface area contributed by atoms with Crippen molar-refractivity contribution in [2.24, 2.45) is 0 Å². The standard InChI is InChI=1S/C19H15N3OS/c1-13(23)21-18-16(14-8-4-2-5-9-14)22-17(19(18)24-12-20)15-10-6-3-7-11-15/h2-11,22H,1H3,(H,21,23). The third-order valence-corrected chi connectivity index (χ3v) is 4.23. The molecule has 118 valence electrons. The number of hydrogen-bond acceptors (Lipinski definition) is 3. The number of nitriles is 1. The highest BCUT2D eigenvalue weighted by Crippen LogP contribution is 2.43. The van der Waals surface area contributed by atoms with Gasteiger partial charge >= 0.3 is 0 Å². The number of aromatic nitrogens is 1. The van der Waals surface area contributed by atoms with E-state index in [-0.39, 0.29) is 5.91 Å². The van der Waals surface area contributed by atoms with E-state index >= 15 is 0 Å². The van der Waals surface area contributed by atoms with Crippen LogP contribution in [0.4, 0.5) is 5.69 Å². The van der Waals surface area contributed by atoms with Crippen molar-refractivity contribution in [3.8, 4) is 27.9 Å². The second-order valence-electron chi connectivity index (χ2n) is 5.19. The van der Waals surface area contributed by atoms with E-state index in [1.165, 1.54) is 6.92 Å². The summed E-state index contributed by atoms with van der Waals surface area (Å²) in [6.07, 6.45) is 0. The quantitative estimate of drug-likeness (QED) is 0.528. The minimum Gasteiger partial charge on any atom is -0.352 e. The van der Waals surface area contributed by atoms with Crippen LogP contribution in [0.5, 0.6) is 0 Å². The van der Waals surface area contributed by atoms with Crippen LogP contribution in [0, 0.1) is 10.7 Å². The zero-order valence-electron chi connectivity index (χ0n) is 13.0. The Kier molecular flexibility index (Phi) is 4.69. The number of benzene rings is 2. The Morgan fingerprint density at radius 1 is 1.00 bits per heavy atom. The number of thiocyanates is 1. The lowest BCUT2D eigenvalue weighted by atomic mass is 10.1. The first-order valence-electron chi connectivity index (χ1n) is 7.41. The molecule has 1 aromatic heterocycles. The first-order chi connectivity index (χ1) is 11.7. The Balaban J connectivity index is 2.25. The van der Waals surface area contributed by atoms with Crippen LogP contribution in [0.15, 0.2) is 65.6 Å². The number of rotatable bonds is 4. The van der Waals surface area contributed by atoms with Crippen molar-refractivity contribution in [3.63, 3.8) is 0 Å². The number of H-pyrrole nitrogens is 1. The number of carbonyl (C=O) groups is 1. The van der Waals surface area contributed by atoms with E-state index in [9.17, 15) is 10.1 Å². The molecular formula is C19H15N3OS. The van der Waals surface area contributed by atoms with Crippen molar-refractivity contribution in [1.82, 2.24) is 4.98 Å². The molecular weight excluding hydrogens is 318 g/mol. The molecule has 0 bridgehead atoms. The number of nitrogens with one attached hydrogen (secondary N) is 2. The SMILES string of the molecule is CC(=O)Nc1c(-c2ccccc2)[nH]c(-c2ccccc2)c1SC#N. The number of aromatic amines is 1. The summed E-state index contributed by atoms with van der Waals surface area (Å²) in [6, 6.07) is 19.5. The molecule has 0 radical (unpaired) electrons. The highest BCUT2D eigenvalue weighted by molar-refractivity contribution is 8.04. The first-order valence-corrected chi connectivity index (χ1v) is 8.22. The van der Waals surface area contributed by atoms with E-state index in [0.29, 0.717) is 5.69 Å². The summed E-state index contributed by atoms with van der Waals surface area (Å²) in [7, 11) is 0. The highest BCUT2D eigenvalue weighted by Gasteiger charge is 2.21. The third-order valence-electron chi connectivity index (χ3n) is 3.53. The van der Waals surface area contributed by atoms with Gasteiger partial charge in [0.05, 0.1) is 22.0 Å². The minimum absolute atomic E-state index is 0.175. The van der Waals surface area contributed by atoms with Crippen molar-refractivity contribution in [2.45, 2.75) is 11.8 Å². The molecule has 0 aliphatic carbocycles. The molecule has 3 aromatic rings. The van der Waals surface area contributed by atoms with Crippen molar-refractivity contribution in [3.05, 3.63) is 60.7 Å². The van der Waals surface area contributed by atoms with Crippen LogP contribution in [0.3, 0.4) is 0 Å². The molecule has 1 heterocycles. The van der Waals surface area contributed by atoms with Crippen LogP contribution in [-0.4, -0.2) is 10.9 Å². The summed E-state index contributed by atoms with van der Waals surface area (Å²) >= 11 is 1.04. The molecule has 0 fully saturated rings. The molecule has 0 atom stereocenters. The lowest BCUT2D eigenvalue weighted by molar-refractivity contribution is -0.114. The second-order valence-corrected chi connectivity index (χ2v) is 5.98.